The van der Waals surface area contributed by atoms with E-state index in [1.54, 1.807) is 12.1 Å². The SMILES string of the molecule is Cc1cccc(C)c1OC[C@H](O)Cn1cnc2scc(-c3ccc(F)cc3)c2c1=O. The molecule has 5 nitrogen and oxygen atoms in total. The first-order chi connectivity index (χ1) is 14.4. The lowest BCUT2D eigenvalue weighted by Crippen LogP contribution is -2.30. The van der Waals surface area contributed by atoms with Crippen molar-refractivity contribution >= 4 is 21.6 Å². The normalized spacial score (nSPS) is 12.3. The summed E-state index contributed by atoms with van der Waals surface area (Å²) in [6.45, 7) is 4.02. The number of rotatable bonds is 6. The van der Waals surface area contributed by atoms with Crippen molar-refractivity contribution in [3.05, 3.63) is 81.5 Å². The zero-order valence-electron chi connectivity index (χ0n) is 16.6. The molecule has 7 heteroatoms. The Morgan fingerprint density at radius 1 is 1.17 bits per heavy atom. The molecular weight excluding hydrogens is 403 g/mol. The van der Waals surface area contributed by atoms with Gasteiger partial charge in [0.2, 0.25) is 0 Å². The number of para-hydroxylation sites is 1. The van der Waals surface area contributed by atoms with Gasteiger partial charge in [0, 0.05) is 10.9 Å². The smallest absolute Gasteiger partial charge is 0.262 e. The maximum absolute atomic E-state index is 13.3. The molecule has 0 saturated heterocycles. The molecule has 30 heavy (non-hydrogen) atoms. The number of benzene rings is 2. The summed E-state index contributed by atoms with van der Waals surface area (Å²) in [4.78, 5) is 18.0. The largest absolute Gasteiger partial charge is 0.490 e. The molecule has 0 aliphatic carbocycles. The molecule has 0 aliphatic heterocycles. The Labute approximate surface area is 177 Å². The topological polar surface area (TPSA) is 64.3 Å². The van der Waals surface area contributed by atoms with Crippen LogP contribution in [-0.4, -0.2) is 27.4 Å². The number of aromatic nitrogens is 2. The van der Waals surface area contributed by atoms with E-state index in [0.717, 1.165) is 22.4 Å². The molecule has 0 saturated carbocycles. The van der Waals surface area contributed by atoms with Gasteiger partial charge in [-0.05, 0) is 42.7 Å². The zero-order chi connectivity index (χ0) is 21.3. The van der Waals surface area contributed by atoms with E-state index in [0.29, 0.717) is 15.8 Å². The minimum Gasteiger partial charge on any atom is -0.490 e. The maximum Gasteiger partial charge on any atom is 0.262 e. The van der Waals surface area contributed by atoms with Crippen molar-refractivity contribution in [2.75, 3.05) is 6.61 Å². The molecule has 0 fully saturated rings. The standard InChI is InChI=1S/C23H21FN2O3S/c1-14-4-3-5-15(2)21(14)29-11-18(27)10-26-13-25-22-20(23(26)28)19(12-30-22)16-6-8-17(24)9-7-16/h3-9,12-13,18,27H,10-11H2,1-2H3/t18-/m1/s1. The third-order valence-electron chi connectivity index (χ3n) is 4.95. The Bertz CT molecular complexity index is 1230. The third kappa shape index (κ3) is 3.99. The Hall–Kier alpha value is -3.03. The van der Waals surface area contributed by atoms with Gasteiger partial charge in [-0.3, -0.25) is 9.36 Å². The van der Waals surface area contributed by atoms with Gasteiger partial charge in [0.15, 0.2) is 0 Å². The lowest BCUT2D eigenvalue weighted by molar-refractivity contribution is 0.0908. The minimum absolute atomic E-state index is 0.0601. The molecule has 0 spiro atoms. The third-order valence-corrected chi connectivity index (χ3v) is 5.84. The van der Waals surface area contributed by atoms with Crippen molar-refractivity contribution in [3.8, 4) is 16.9 Å². The van der Waals surface area contributed by atoms with E-state index >= 15 is 0 Å². The number of halogens is 1. The number of hydrogen-bond acceptors (Lipinski definition) is 5. The van der Waals surface area contributed by atoms with Gasteiger partial charge in [-0.15, -0.1) is 11.3 Å². The highest BCUT2D eigenvalue weighted by Gasteiger charge is 2.16. The molecule has 154 valence electrons. The predicted molar refractivity (Wildman–Crippen MR) is 117 cm³/mol. The van der Waals surface area contributed by atoms with Crippen molar-refractivity contribution in [2.45, 2.75) is 26.5 Å². The van der Waals surface area contributed by atoms with Crippen LogP contribution >= 0.6 is 11.3 Å². The number of aryl methyl sites for hydroxylation is 2. The molecule has 0 amide bonds. The van der Waals surface area contributed by atoms with Crippen molar-refractivity contribution in [2.24, 2.45) is 0 Å². The van der Waals surface area contributed by atoms with Crippen LogP contribution in [0.1, 0.15) is 11.1 Å². The number of nitrogens with zero attached hydrogens (tertiary/aromatic N) is 2. The molecule has 1 atom stereocenters. The average Bonchev–Trinajstić information content (AvgIpc) is 3.15. The van der Waals surface area contributed by atoms with E-state index in [2.05, 4.69) is 4.98 Å². The van der Waals surface area contributed by atoms with Crippen LogP contribution in [0.25, 0.3) is 21.3 Å². The van der Waals surface area contributed by atoms with E-state index in [4.69, 9.17) is 4.74 Å². The van der Waals surface area contributed by atoms with Crippen LogP contribution in [0.4, 0.5) is 4.39 Å². The van der Waals surface area contributed by atoms with Gasteiger partial charge >= 0.3 is 0 Å². The summed E-state index contributed by atoms with van der Waals surface area (Å²) in [6, 6.07) is 11.9. The summed E-state index contributed by atoms with van der Waals surface area (Å²) in [5, 5.41) is 12.8. The van der Waals surface area contributed by atoms with Crippen molar-refractivity contribution < 1.29 is 14.2 Å². The summed E-state index contributed by atoms with van der Waals surface area (Å²) < 4.78 is 20.4. The molecular formula is C23H21FN2O3S. The second-order valence-corrected chi connectivity index (χ2v) is 8.08. The first-order valence-corrected chi connectivity index (χ1v) is 10.4. The fourth-order valence-corrected chi connectivity index (χ4v) is 4.33. The van der Waals surface area contributed by atoms with E-state index in [-0.39, 0.29) is 24.5 Å². The van der Waals surface area contributed by atoms with Crippen LogP contribution in [0.15, 0.2) is 59.0 Å². The second kappa shape index (κ2) is 8.38. The number of ether oxygens (including phenoxy) is 1. The molecule has 2 aromatic heterocycles. The highest BCUT2D eigenvalue weighted by molar-refractivity contribution is 7.17. The molecule has 2 aromatic carbocycles. The van der Waals surface area contributed by atoms with E-state index in [1.807, 2.05) is 37.4 Å². The van der Waals surface area contributed by atoms with Gasteiger partial charge in [0.1, 0.15) is 29.1 Å². The summed E-state index contributed by atoms with van der Waals surface area (Å²) in [5.74, 6) is 0.412. The van der Waals surface area contributed by atoms with Gasteiger partial charge in [-0.25, -0.2) is 9.37 Å². The minimum atomic E-state index is -0.881. The van der Waals surface area contributed by atoms with Gasteiger partial charge < -0.3 is 9.84 Å². The molecule has 0 bridgehead atoms. The lowest BCUT2D eigenvalue weighted by Gasteiger charge is -2.16. The fraction of sp³-hybridized carbons (Fsp3) is 0.217. The van der Waals surface area contributed by atoms with Crippen LogP contribution in [-0.2, 0) is 6.54 Å². The zero-order valence-corrected chi connectivity index (χ0v) is 17.4. The maximum atomic E-state index is 13.3. The monoisotopic (exact) mass is 424 g/mol. The number of aliphatic hydroxyl groups excluding tert-OH is 1. The highest BCUT2D eigenvalue weighted by atomic mass is 32.1. The van der Waals surface area contributed by atoms with Gasteiger partial charge in [0.05, 0.1) is 18.3 Å². The summed E-state index contributed by atoms with van der Waals surface area (Å²) in [6.07, 6.45) is 0.562. The molecule has 0 unspecified atom stereocenters. The fourth-order valence-electron chi connectivity index (χ4n) is 3.43. The molecule has 0 radical (unpaired) electrons. The van der Waals surface area contributed by atoms with Gasteiger partial charge in [0.25, 0.3) is 5.56 Å². The molecule has 4 rings (SSSR count). The first kappa shape index (κ1) is 20.3. The molecule has 1 N–H and O–H groups in total. The summed E-state index contributed by atoms with van der Waals surface area (Å²) in [5.41, 5.74) is 3.20. The predicted octanol–water partition coefficient (Wildman–Crippen LogP) is 4.32. The highest BCUT2D eigenvalue weighted by Crippen LogP contribution is 2.30. The first-order valence-electron chi connectivity index (χ1n) is 9.53. The number of thiophene rings is 1. The Balaban J connectivity index is 1.57. The number of aliphatic hydroxyl groups is 1. The van der Waals surface area contributed by atoms with Crippen LogP contribution in [0.3, 0.4) is 0 Å². The van der Waals surface area contributed by atoms with Crippen LogP contribution < -0.4 is 10.3 Å². The quantitative estimate of drug-likeness (QED) is 0.501. The van der Waals surface area contributed by atoms with Crippen LogP contribution in [0.5, 0.6) is 5.75 Å². The van der Waals surface area contributed by atoms with E-state index in [9.17, 15) is 14.3 Å². The molecule has 2 heterocycles. The van der Waals surface area contributed by atoms with Crippen LogP contribution in [0, 0.1) is 19.7 Å². The number of hydrogen-bond donors (Lipinski definition) is 1. The van der Waals surface area contributed by atoms with Crippen molar-refractivity contribution in [1.29, 1.82) is 0 Å². The summed E-state index contributed by atoms with van der Waals surface area (Å²) in [7, 11) is 0. The molecule has 0 aliphatic rings. The Morgan fingerprint density at radius 2 is 1.87 bits per heavy atom. The summed E-state index contributed by atoms with van der Waals surface area (Å²) >= 11 is 1.36. The van der Waals surface area contributed by atoms with Gasteiger partial charge in [-0.1, -0.05) is 30.3 Å². The molecule has 4 aromatic rings. The van der Waals surface area contributed by atoms with Crippen molar-refractivity contribution in [1.82, 2.24) is 9.55 Å². The Kier molecular flexibility index (Phi) is 5.65. The lowest BCUT2D eigenvalue weighted by atomic mass is 10.1. The van der Waals surface area contributed by atoms with Crippen LogP contribution in [0.2, 0.25) is 0 Å². The Morgan fingerprint density at radius 3 is 2.57 bits per heavy atom. The van der Waals surface area contributed by atoms with Crippen molar-refractivity contribution in [3.63, 3.8) is 0 Å². The number of fused-ring (bicyclic) bond motifs is 1. The van der Waals surface area contributed by atoms with Gasteiger partial charge in [-0.2, -0.15) is 0 Å². The second-order valence-electron chi connectivity index (χ2n) is 7.22. The van der Waals surface area contributed by atoms with E-state index < -0.39 is 6.10 Å². The van der Waals surface area contributed by atoms with E-state index in [1.165, 1.54) is 34.4 Å². The average molecular weight is 424 g/mol.